The van der Waals surface area contributed by atoms with Crippen molar-refractivity contribution in [3.05, 3.63) is 23.8 Å². The fraction of sp³-hybridized carbons (Fsp3) is 0.609. The average Bonchev–Trinajstić information content (AvgIpc) is 2.76. The highest BCUT2D eigenvalue weighted by molar-refractivity contribution is 7.89. The summed E-state index contributed by atoms with van der Waals surface area (Å²) < 4.78 is 38.6. The summed E-state index contributed by atoms with van der Waals surface area (Å²) in [5.41, 5.74) is -0.628. The maximum absolute atomic E-state index is 13.0. The van der Waals surface area contributed by atoms with E-state index in [1.54, 1.807) is 32.6 Å². The molecule has 0 radical (unpaired) electrons. The van der Waals surface area contributed by atoms with Crippen LogP contribution in [0.4, 0.5) is 0 Å². The van der Waals surface area contributed by atoms with Gasteiger partial charge in [0.25, 0.3) is 5.91 Å². The van der Waals surface area contributed by atoms with Crippen LogP contribution >= 0.6 is 0 Å². The summed E-state index contributed by atoms with van der Waals surface area (Å²) in [5, 5.41) is 0. The second-order valence-corrected chi connectivity index (χ2v) is 11.0. The number of piperidine rings is 1. The van der Waals surface area contributed by atoms with Gasteiger partial charge in [0.15, 0.2) is 0 Å². The number of amides is 2. The van der Waals surface area contributed by atoms with Gasteiger partial charge in [0.1, 0.15) is 10.6 Å². The molecule has 0 aliphatic carbocycles. The Hall–Kier alpha value is -2.66. The van der Waals surface area contributed by atoms with Gasteiger partial charge in [-0.25, -0.2) is 13.1 Å². The van der Waals surface area contributed by atoms with Gasteiger partial charge < -0.3 is 19.3 Å². The van der Waals surface area contributed by atoms with Crippen LogP contribution in [0.15, 0.2) is 23.1 Å². The zero-order valence-electron chi connectivity index (χ0n) is 20.7. The van der Waals surface area contributed by atoms with E-state index in [2.05, 4.69) is 4.72 Å². The zero-order chi connectivity index (χ0) is 25.7. The van der Waals surface area contributed by atoms with Crippen molar-refractivity contribution >= 4 is 27.8 Å². The number of sulfonamides is 1. The van der Waals surface area contributed by atoms with Gasteiger partial charge in [-0.2, -0.15) is 0 Å². The van der Waals surface area contributed by atoms with Gasteiger partial charge in [-0.05, 0) is 58.7 Å². The topological polar surface area (TPSA) is 122 Å². The summed E-state index contributed by atoms with van der Waals surface area (Å²) in [6.07, 6.45) is 1.33. The predicted molar refractivity (Wildman–Crippen MR) is 126 cm³/mol. The lowest BCUT2D eigenvalue weighted by molar-refractivity contribution is -0.151. The van der Waals surface area contributed by atoms with Crippen molar-refractivity contribution in [1.82, 2.24) is 14.5 Å². The Morgan fingerprint density at radius 1 is 1.24 bits per heavy atom. The molecule has 1 aliphatic rings. The number of carbonyl (C=O) groups excluding carboxylic acids is 3. The molecule has 1 aromatic carbocycles. The molecular formula is C23H35N3O7S. The van der Waals surface area contributed by atoms with Gasteiger partial charge in [0.05, 0.1) is 26.2 Å². The molecule has 11 heteroatoms. The Morgan fingerprint density at radius 2 is 1.91 bits per heavy atom. The van der Waals surface area contributed by atoms with Crippen LogP contribution < -0.4 is 9.46 Å². The third-order valence-corrected chi connectivity index (χ3v) is 7.03. The molecule has 0 aromatic heterocycles. The standard InChI is InChI=1S/C23H35N3O7S/c1-7-33-22(29)17-9-8-12-26(14-17)20(27)15-25(5)21(28)16-10-11-18(32-6)19(13-16)34(30,31)24-23(2,3)4/h10-11,13,17,24H,7-9,12,14-15H2,1-6H3. The number of hydrogen-bond acceptors (Lipinski definition) is 7. The van der Waals surface area contributed by atoms with Crippen molar-refractivity contribution in [1.29, 1.82) is 0 Å². The minimum Gasteiger partial charge on any atom is -0.495 e. The van der Waals surface area contributed by atoms with Crippen molar-refractivity contribution < 1.29 is 32.3 Å². The second kappa shape index (κ2) is 11.2. The monoisotopic (exact) mass is 497 g/mol. The van der Waals surface area contributed by atoms with Crippen LogP contribution in [-0.4, -0.2) is 81.9 Å². The van der Waals surface area contributed by atoms with E-state index < -0.39 is 21.5 Å². The van der Waals surface area contributed by atoms with Crippen molar-refractivity contribution in [2.24, 2.45) is 5.92 Å². The van der Waals surface area contributed by atoms with E-state index in [4.69, 9.17) is 9.47 Å². The van der Waals surface area contributed by atoms with Gasteiger partial charge in [0.2, 0.25) is 15.9 Å². The number of benzene rings is 1. The van der Waals surface area contributed by atoms with Crippen molar-refractivity contribution in [3.63, 3.8) is 0 Å². The Labute approximate surface area is 201 Å². The molecule has 190 valence electrons. The molecule has 10 nitrogen and oxygen atoms in total. The first kappa shape index (κ1) is 27.6. The molecule has 1 saturated heterocycles. The van der Waals surface area contributed by atoms with Crippen molar-refractivity contribution in [3.8, 4) is 5.75 Å². The lowest BCUT2D eigenvalue weighted by Gasteiger charge is -2.32. The fourth-order valence-electron chi connectivity index (χ4n) is 3.73. The molecule has 1 atom stereocenters. The van der Waals surface area contributed by atoms with Crippen LogP contribution in [0, 0.1) is 5.92 Å². The fourth-order valence-corrected chi connectivity index (χ4v) is 5.34. The quantitative estimate of drug-likeness (QED) is 0.542. The summed E-state index contributed by atoms with van der Waals surface area (Å²) in [4.78, 5) is 40.5. The molecule has 1 unspecified atom stereocenters. The summed E-state index contributed by atoms with van der Waals surface area (Å²) in [6, 6.07) is 4.11. The van der Waals surface area contributed by atoms with E-state index in [9.17, 15) is 22.8 Å². The molecule has 1 N–H and O–H groups in total. The van der Waals surface area contributed by atoms with Gasteiger partial charge in [-0.15, -0.1) is 0 Å². The van der Waals surface area contributed by atoms with E-state index in [0.29, 0.717) is 19.4 Å². The molecule has 1 fully saturated rings. The lowest BCUT2D eigenvalue weighted by Crippen LogP contribution is -2.47. The number of carbonyl (C=O) groups is 3. The highest BCUT2D eigenvalue weighted by atomic mass is 32.2. The molecule has 1 aromatic rings. The number of rotatable bonds is 8. The van der Waals surface area contributed by atoms with E-state index in [0.717, 1.165) is 0 Å². The molecular weight excluding hydrogens is 462 g/mol. The summed E-state index contributed by atoms with van der Waals surface area (Å²) in [7, 11) is -1.15. The minimum absolute atomic E-state index is 0.102. The van der Waals surface area contributed by atoms with Gasteiger partial charge in [0, 0.05) is 31.2 Å². The zero-order valence-corrected chi connectivity index (χ0v) is 21.5. The highest BCUT2D eigenvalue weighted by Crippen LogP contribution is 2.26. The number of hydrogen-bond donors (Lipinski definition) is 1. The van der Waals surface area contributed by atoms with E-state index >= 15 is 0 Å². The summed E-state index contributed by atoms with van der Waals surface area (Å²) in [6.45, 7) is 7.69. The molecule has 1 aliphatic heterocycles. The Balaban J connectivity index is 2.16. The number of likely N-dealkylation sites (tertiary alicyclic amines) is 1. The van der Waals surface area contributed by atoms with Gasteiger partial charge >= 0.3 is 5.97 Å². The first-order valence-corrected chi connectivity index (χ1v) is 12.7. The van der Waals surface area contributed by atoms with Crippen LogP contribution in [0.3, 0.4) is 0 Å². The first-order valence-electron chi connectivity index (χ1n) is 11.2. The Kier molecular flexibility index (Phi) is 9.07. The normalized spacial score (nSPS) is 16.6. The second-order valence-electron chi connectivity index (χ2n) is 9.31. The summed E-state index contributed by atoms with van der Waals surface area (Å²) in [5.74, 6) is -1.39. The van der Waals surface area contributed by atoms with Crippen molar-refractivity contribution in [2.45, 2.75) is 51.0 Å². The summed E-state index contributed by atoms with van der Waals surface area (Å²) >= 11 is 0. The number of nitrogens with zero attached hydrogens (tertiary/aromatic N) is 2. The first-order chi connectivity index (χ1) is 15.8. The van der Waals surface area contributed by atoms with Crippen LogP contribution in [0.2, 0.25) is 0 Å². The number of nitrogens with one attached hydrogen (secondary N) is 1. The number of ether oxygens (including phenoxy) is 2. The largest absolute Gasteiger partial charge is 0.495 e. The number of likely N-dealkylation sites (N-methyl/N-ethyl adjacent to an activating group) is 1. The number of methoxy groups -OCH3 is 1. The molecule has 2 amide bonds. The predicted octanol–water partition coefficient (Wildman–Crippen LogP) is 1.65. The smallest absolute Gasteiger partial charge is 0.310 e. The SMILES string of the molecule is CCOC(=O)C1CCCN(C(=O)CN(C)C(=O)c2ccc(OC)c(S(=O)(=O)NC(C)(C)C)c2)C1. The van der Waals surface area contributed by atoms with Crippen LogP contribution in [0.1, 0.15) is 50.9 Å². The van der Waals surface area contributed by atoms with Crippen molar-refractivity contribution in [2.75, 3.05) is 40.4 Å². The molecule has 0 bridgehead atoms. The van der Waals surface area contributed by atoms with Crippen LogP contribution in [-0.2, 0) is 24.3 Å². The van der Waals surface area contributed by atoms with Crippen LogP contribution in [0.5, 0.6) is 5.75 Å². The minimum atomic E-state index is -3.97. The lowest BCUT2D eigenvalue weighted by atomic mass is 9.98. The molecule has 1 heterocycles. The molecule has 2 rings (SSSR count). The molecule has 34 heavy (non-hydrogen) atoms. The average molecular weight is 498 g/mol. The van der Waals surface area contributed by atoms with Gasteiger partial charge in [-0.3, -0.25) is 14.4 Å². The van der Waals surface area contributed by atoms with E-state index in [-0.39, 0.29) is 53.7 Å². The van der Waals surface area contributed by atoms with E-state index in [1.165, 1.54) is 37.3 Å². The molecule has 0 saturated carbocycles. The highest BCUT2D eigenvalue weighted by Gasteiger charge is 2.31. The molecule has 0 spiro atoms. The van der Waals surface area contributed by atoms with Crippen LogP contribution in [0.25, 0.3) is 0 Å². The van der Waals surface area contributed by atoms with E-state index in [1.807, 2.05) is 0 Å². The third-order valence-electron chi connectivity index (χ3n) is 5.25. The third kappa shape index (κ3) is 7.17. The Bertz CT molecular complexity index is 1020. The maximum atomic E-state index is 13.0. The van der Waals surface area contributed by atoms with Gasteiger partial charge in [-0.1, -0.05) is 0 Å². The maximum Gasteiger partial charge on any atom is 0.310 e. The number of esters is 1. The Morgan fingerprint density at radius 3 is 2.50 bits per heavy atom.